The van der Waals surface area contributed by atoms with Gasteiger partial charge in [-0.05, 0) is 42.8 Å². The molecule has 0 aliphatic heterocycles. The summed E-state index contributed by atoms with van der Waals surface area (Å²) in [6.07, 6.45) is -0.550. The number of halogens is 2. The van der Waals surface area contributed by atoms with Gasteiger partial charge in [-0.2, -0.15) is 0 Å². The maximum Gasteiger partial charge on any atom is 0.129 e. The van der Waals surface area contributed by atoms with E-state index in [-0.39, 0.29) is 12.4 Å². The van der Waals surface area contributed by atoms with Crippen LogP contribution in [0.3, 0.4) is 0 Å². The first-order chi connectivity index (χ1) is 9.06. The van der Waals surface area contributed by atoms with Crippen molar-refractivity contribution in [3.8, 4) is 5.75 Å². The van der Waals surface area contributed by atoms with E-state index < -0.39 is 6.10 Å². The Morgan fingerprint density at radius 3 is 2.79 bits per heavy atom. The summed E-state index contributed by atoms with van der Waals surface area (Å²) in [5, 5.41) is 9.49. The Morgan fingerprint density at radius 1 is 1.26 bits per heavy atom. The van der Waals surface area contributed by atoms with Crippen LogP contribution < -0.4 is 4.74 Å². The van der Waals surface area contributed by atoms with Gasteiger partial charge in [0.25, 0.3) is 0 Å². The molecule has 0 aliphatic carbocycles. The SMILES string of the molecule is CC(O)c1cccc(OCc2cc(Br)ccc2F)c1. The number of benzene rings is 2. The average Bonchev–Trinajstić information content (AvgIpc) is 2.40. The quantitative estimate of drug-likeness (QED) is 0.912. The molecular weight excluding hydrogens is 311 g/mol. The first-order valence-corrected chi connectivity index (χ1v) is 6.70. The van der Waals surface area contributed by atoms with Crippen molar-refractivity contribution in [2.24, 2.45) is 0 Å². The molecule has 0 saturated heterocycles. The lowest BCUT2D eigenvalue weighted by Crippen LogP contribution is -1.99. The smallest absolute Gasteiger partial charge is 0.129 e. The fourth-order valence-corrected chi connectivity index (χ4v) is 2.09. The van der Waals surface area contributed by atoms with E-state index in [4.69, 9.17) is 4.74 Å². The molecule has 0 heterocycles. The molecule has 1 unspecified atom stereocenters. The van der Waals surface area contributed by atoms with Gasteiger partial charge in [-0.15, -0.1) is 0 Å². The zero-order valence-corrected chi connectivity index (χ0v) is 12.0. The average molecular weight is 325 g/mol. The largest absolute Gasteiger partial charge is 0.489 e. The zero-order chi connectivity index (χ0) is 13.8. The van der Waals surface area contributed by atoms with Gasteiger partial charge in [-0.25, -0.2) is 4.39 Å². The van der Waals surface area contributed by atoms with Crippen LogP contribution in [0.15, 0.2) is 46.9 Å². The van der Waals surface area contributed by atoms with E-state index in [9.17, 15) is 9.50 Å². The number of rotatable bonds is 4. The molecule has 2 nitrogen and oxygen atoms in total. The van der Waals surface area contributed by atoms with Crippen molar-refractivity contribution in [1.82, 2.24) is 0 Å². The Morgan fingerprint density at radius 2 is 2.05 bits per heavy atom. The predicted molar refractivity (Wildman–Crippen MR) is 75.5 cm³/mol. The summed E-state index contributed by atoms with van der Waals surface area (Å²) >= 11 is 3.30. The fraction of sp³-hybridized carbons (Fsp3) is 0.200. The predicted octanol–water partition coefficient (Wildman–Crippen LogP) is 4.22. The van der Waals surface area contributed by atoms with Gasteiger partial charge in [0.15, 0.2) is 0 Å². The standard InChI is InChI=1S/C15H14BrFO2/c1-10(18)11-3-2-4-14(8-11)19-9-12-7-13(16)5-6-15(12)17/h2-8,10,18H,9H2,1H3. The maximum absolute atomic E-state index is 13.5. The van der Waals surface area contributed by atoms with Gasteiger partial charge >= 0.3 is 0 Å². The Kier molecular flexibility index (Phi) is 4.56. The third-order valence-electron chi connectivity index (χ3n) is 2.74. The summed E-state index contributed by atoms with van der Waals surface area (Å²) in [6.45, 7) is 1.83. The number of aliphatic hydroxyl groups excluding tert-OH is 1. The Balaban J connectivity index is 2.10. The number of aliphatic hydroxyl groups is 1. The van der Waals surface area contributed by atoms with Crippen LogP contribution in [0.25, 0.3) is 0 Å². The monoisotopic (exact) mass is 324 g/mol. The van der Waals surface area contributed by atoms with Crippen LogP contribution in [-0.2, 0) is 6.61 Å². The second-order valence-electron chi connectivity index (χ2n) is 4.27. The first kappa shape index (κ1) is 14.0. The van der Waals surface area contributed by atoms with E-state index in [1.165, 1.54) is 6.07 Å². The van der Waals surface area contributed by atoms with Gasteiger partial charge < -0.3 is 9.84 Å². The van der Waals surface area contributed by atoms with Crippen LogP contribution in [0.2, 0.25) is 0 Å². The van der Waals surface area contributed by atoms with E-state index in [0.29, 0.717) is 11.3 Å². The van der Waals surface area contributed by atoms with Crippen molar-refractivity contribution >= 4 is 15.9 Å². The van der Waals surface area contributed by atoms with Gasteiger partial charge in [-0.1, -0.05) is 28.1 Å². The van der Waals surface area contributed by atoms with E-state index in [0.717, 1.165) is 10.0 Å². The van der Waals surface area contributed by atoms with Crippen LogP contribution in [0, 0.1) is 5.82 Å². The molecule has 0 radical (unpaired) electrons. The Hall–Kier alpha value is -1.39. The summed E-state index contributed by atoms with van der Waals surface area (Å²) in [4.78, 5) is 0. The number of hydrogen-bond donors (Lipinski definition) is 1. The minimum atomic E-state index is -0.550. The van der Waals surface area contributed by atoms with Crippen LogP contribution in [0.5, 0.6) is 5.75 Å². The highest BCUT2D eigenvalue weighted by Crippen LogP contribution is 2.21. The summed E-state index contributed by atoms with van der Waals surface area (Å²) in [7, 11) is 0. The molecule has 0 spiro atoms. The van der Waals surface area contributed by atoms with Crippen molar-refractivity contribution in [3.63, 3.8) is 0 Å². The molecule has 0 amide bonds. The van der Waals surface area contributed by atoms with Crippen molar-refractivity contribution in [2.75, 3.05) is 0 Å². The summed E-state index contributed by atoms with van der Waals surface area (Å²) in [6, 6.07) is 11.9. The molecule has 0 fully saturated rings. The highest BCUT2D eigenvalue weighted by atomic mass is 79.9. The van der Waals surface area contributed by atoms with Gasteiger partial charge in [0.1, 0.15) is 18.2 Å². The molecule has 0 bridgehead atoms. The van der Waals surface area contributed by atoms with Crippen molar-refractivity contribution in [3.05, 3.63) is 63.9 Å². The van der Waals surface area contributed by atoms with E-state index in [1.807, 2.05) is 6.07 Å². The molecule has 19 heavy (non-hydrogen) atoms. The van der Waals surface area contributed by atoms with Gasteiger partial charge in [0.2, 0.25) is 0 Å². The summed E-state index contributed by atoms with van der Waals surface area (Å²) in [5.74, 6) is 0.313. The van der Waals surface area contributed by atoms with Crippen LogP contribution >= 0.6 is 15.9 Å². The minimum absolute atomic E-state index is 0.147. The highest BCUT2D eigenvalue weighted by molar-refractivity contribution is 9.10. The molecule has 100 valence electrons. The second kappa shape index (κ2) is 6.17. The Bertz CT molecular complexity index is 570. The highest BCUT2D eigenvalue weighted by Gasteiger charge is 2.06. The van der Waals surface area contributed by atoms with Crippen LogP contribution in [0.1, 0.15) is 24.2 Å². The second-order valence-corrected chi connectivity index (χ2v) is 5.19. The molecule has 4 heteroatoms. The molecule has 1 atom stereocenters. The molecule has 2 rings (SSSR count). The van der Waals surface area contributed by atoms with Crippen molar-refractivity contribution < 1.29 is 14.2 Å². The van der Waals surface area contributed by atoms with Gasteiger partial charge in [0.05, 0.1) is 6.10 Å². The molecular formula is C15H14BrFO2. The number of hydrogen-bond acceptors (Lipinski definition) is 2. The molecule has 2 aromatic rings. The van der Waals surface area contributed by atoms with Crippen molar-refractivity contribution in [1.29, 1.82) is 0 Å². The molecule has 0 aliphatic rings. The van der Waals surface area contributed by atoms with Gasteiger partial charge in [-0.3, -0.25) is 0 Å². The summed E-state index contributed by atoms with van der Waals surface area (Å²) < 4.78 is 19.9. The van der Waals surface area contributed by atoms with E-state index in [1.54, 1.807) is 37.3 Å². The molecule has 1 N–H and O–H groups in total. The van der Waals surface area contributed by atoms with Crippen LogP contribution in [0.4, 0.5) is 4.39 Å². The topological polar surface area (TPSA) is 29.5 Å². The zero-order valence-electron chi connectivity index (χ0n) is 10.4. The van der Waals surface area contributed by atoms with Crippen molar-refractivity contribution in [2.45, 2.75) is 19.6 Å². The normalized spacial score (nSPS) is 12.2. The van der Waals surface area contributed by atoms with Gasteiger partial charge in [0, 0.05) is 10.0 Å². The lowest BCUT2D eigenvalue weighted by atomic mass is 10.1. The molecule has 0 aromatic heterocycles. The van der Waals surface area contributed by atoms with E-state index in [2.05, 4.69) is 15.9 Å². The lowest BCUT2D eigenvalue weighted by Gasteiger charge is -2.10. The summed E-state index contributed by atoms with van der Waals surface area (Å²) in [5.41, 5.74) is 1.25. The maximum atomic E-state index is 13.5. The van der Waals surface area contributed by atoms with Crippen LogP contribution in [-0.4, -0.2) is 5.11 Å². The fourth-order valence-electron chi connectivity index (χ4n) is 1.68. The molecule has 2 aromatic carbocycles. The third-order valence-corrected chi connectivity index (χ3v) is 3.24. The third kappa shape index (κ3) is 3.78. The lowest BCUT2D eigenvalue weighted by molar-refractivity contribution is 0.198. The first-order valence-electron chi connectivity index (χ1n) is 5.91. The molecule has 0 saturated carbocycles. The van der Waals surface area contributed by atoms with E-state index >= 15 is 0 Å². The Labute approximate surface area is 120 Å². The number of ether oxygens (including phenoxy) is 1. The minimum Gasteiger partial charge on any atom is -0.489 e.